The number of fused-ring (bicyclic) bond motifs is 1. The molecule has 3 aromatic rings. The lowest BCUT2D eigenvalue weighted by Gasteiger charge is -2.02. The molecule has 1 unspecified atom stereocenters. The first kappa shape index (κ1) is 12.9. The van der Waals surface area contributed by atoms with Crippen LogP contribution in [-0.2, 0) is 0 Å². The Kier molecular flexibility index (Phi) is 3.70. The molecule has 2 aromatic heterocycles. The minimum atomic E-state index is -0.129. The van der Waals surface area contributed by atoms with Gasteiger partial charge in [-0.1, -0.05) is 29.8 Å². The van der Waals surface area contributed by atoms with Crippen LogP contribution in [0.15, 0.2) is 40.9 Å². The second-order valence-electron chi connectivity index (χ2n) is 3.82. The lowest BCUT2D eigenvalue weighted by molar-refractivity contribution is 1.24. The molecule has 0 amide bonds. The van der Waals surface area contributed by atoms with E-state index in [-0.39, 0.29) is 5.38 Å². The van der Waals surface area contributed by atoms with E-state index in [1.807, 2.05) is 18.2 Å². The van der Waals surface area contributed by atoms with Gasteiger partial charge >= 0.3 is 0 Å². The molecule has 92 valence electrons. The Bertz CT molecular complexity index is 649. The molecule has 5 heteroatoms. The Morgan fingerprint density at radius 1 is 1.06 bits per heavy atom. The summed E-state index contributed by atoms with van der Waals surface area (Å²) in [6, 6.07) is 12.5. The average molecular weight is 378 g/mol. The van der Waals surface area contributed by atoms with E-state index in [0.717, 1.165) is 18.6 Å². The van der Waals surface area contributed by atoms with Crippen LogP contribution < -0.4 is 0 Å². The Morgan fingerprint density at radius 3 is 2.44 bits per heavy atom. The summed E-state index contributed by atoms with van der Waals surface area (Å²) < 4.78 is 2.92. The first-order chi connectivity index (χ1) is 8.65. The summed E-state index contributed by atoms with van der Waals surface area (Å²) in [6.45, 7) is 0. The van der Waals surface area contributed by atoms with Gasteiger partial charge in [0.05, 0.1) is 0 Å². The highest BCUT2D eigenvalue weighted by atomic mass is 79.9. The Balaban J connectivity index is 2.03. The number of benzene rings is 1. The molecular formula is C13H7BrCl2S2. The monoisotopic (exact) mass is 376 g/mol. The van der Waals surface area contributed by atoms with Gasteiger partial charge in [-0.2, -0.15) is 0 Å². The largest absolute Gasteiger partial charge is 0.138 e. The van der Waals surface area contributed by atoms with Crippen LogP contribution in [0.4, 0.5) is 0 Å². The van der Waals surface area contributed by atoms with Crippen LogP contribution >= 0.6 is 61.8 Å². The third kappa shape index (κ3) is 2.35. The SMILES string of the molecule is Clc1sc(C(Cl)c2cc3ccccc3s2)cc1Br. The van der Waals surface area contributed by atoms with Crippen molar-refractivity contribution in [2.24, 2.45) is 0 Å². The summed E-state index contributed by atoms with van der Waals surface area (Å²) in [5, 5.41) is 1.11. The van der Waals surface area contributed by atoms with E-state index in [0.29, 0.717) is 0 Å². The van der Waals surface area contributed by atoms with Crippen LogP contribution in [0.1, 0.15) is 15.1 Å². The molecule has 0 nitrogen and oxygen atoms in total. The molecule has 0 N–H and O–H groups in total. The number of halogens is 3. The molecule has 18 heavy (non-hydrogen) atoms. The lowest BCUT2D eigenvalue weighted by Crippen LogP contribution is -1.84. The van der Waals surface area contributed by atoms with E-state index >= 15 is 0 Å². The summed E-state index contributed by atoms with van der Waals surface area (Å²) in [6.07, 6.45) is 0. The Labute approximate surface area is 131 Å². The first-order valence-corrected chi connectivity index (χ1v) is 8.46. The number of alkyl halides is 1. The highest BCUT2D eigenvalue weighted by molar-refractivity contribution is 9.10. The number of rotatable bonds is 2. The highest BCUT2D eigenvalue weighted by Gasteiger charge is 2.17. The maximum atomic E-state index is 6.53. The summed E-state index contributed by atoms with van der Waals surface area (Å²) in [7, 11) is 0. The average Bonchev–Trinajstić information content (AvgIpc) is 2.93. The molecule has 0 aliphatic heterocycles. The molecule has 2 heterocycles. The van der Waals surface area contributed by atoms with Crippen LogP contribution in [0.2, 0.25) is 4.34 Å². The molecule has 0 spiro atoms. The van der Waals surface area contributed by atoms with E-state index in [1.54, 1.807) is 11.3 Å². The van der Waals surface area contributed by atoms with Gasteiger partial charge < -0.3 is 0 Å². The van der Waals surface area contributed by atoms with Gasteiger partial charge in [-0.05, 0) is 39.5 Å². The van der Waals surface area contributed by atoms with E-state index in [4.69, 9.17) is 23.2 Å². The molecule has 0 bridgehead atoms. The molecule has 0 aliphatic carbocycles. The third-order valence-corrected chi connectivity index (χ3v) is 7.06. The molecule has 0 saturated heterocycles. The predicted octanol–water partition coefficient (Wildman–Crippen LogP) is 6.71. The molecular weight excluding hydrogens is 371 g/mol. The van der Waals surface area contributed by atoms with Gasteiger partial charge in [-0.25, -0.2) is 0 Å². The minimum Gasteiger partial charge on any atom is -0.138 e. The van der Waals surface area contributed by atoms with E-state index in [1.165, 1.54) is 21.4 Å². The summed E-state index contributed by atoms with van der Waals surface area (Å²) in [5.74, 6) is 0. The fraction of sp³-hybridized carbons (Fsp3) is 0.0769. The van der Waals surface area contributed by atoms with Crippen LogP contribution in [0.5, 0.6) is 0 Å². The zero-order chi connectivity index (χ0) is 12.7. The van der Waals surface area contributed by atoms with Gasteiger partial charge in [0.15, 0.2) is 0 Å². The van der Waals surface area contributed by atoms with Crippen molar-refractivity contribution in [1.29, 1.82) is 0 Å². The second kappa shape index (κ2) is 5.14. The summed E-state index contributed by atoms with van der Waals surface area (Å²) in [5.41, 5.74) is 0. The zero-order valence-corrected chi connectivity index (χ0v) is 13.7. The number of hydrogen-bond donors (Lipinski definition) is 0. The van der Waals surface area contributed by atoms with Gasteiger partial charge in [0, 0.05) is 18.9 Å². The summed E-state index contributed by atoms with van der Waals surface area (Å²) >= 11 is 19.3. The van der Waals surface area contributed by atoms with Crippen LogP contribution in [-0.4, -0.2) is 0 Å². The van der Waals surface area contributed by atoms with E-state index in [9.17, 15) is 0 Å². The van der Waals surface area contributed by atoms with Crippen LogP contribution in [0, 0.1) is 0 Å². The molecule has 1 atom stereocenters. The topological polar surface area (TPSA) is 0 Å². The lowest BCUT2D eigenvalue weighted by atomic mass is 10.2. The van der Waals surface area contributed by atoms with Gasteiger partial charge in [0.1, 0.15) is 9.71 Å². The minimum absolute atomic E-state index is 0.129. The van der Waals surface area contributed by atoms with E-state index in [2.05, 4.69) is 34.1 Å². The van der Waals surface area contributed by atoms with Gasteiger partial charge in [0.2, 0.25) is 0 Å². The van der Waals surface area contributed by atoms with Crippen molar-refractivity contribution < 1.29 is 0 Å². The fourth-order valence-electron chi connectivity index (χ4n) is 1.76. The molecule has 0 aliphatic rings. The Morgan fingerprint density at radius 2 is 1.78 bits per heavy atom. The molecule has 0 fully saturated rings. The number of thiophene rings is 2. The van der Waals surface area contributed by atoms with Crippen molar-refractivity contribution in [3.63, 3.8) is 0 Å². The van der Waals surface area contributed by atoms with Crippen molar-refractivity contribution in [2.75, 3.05) is 0 Å². The van der Waals surface area contributed by atoms with Gasteiger partial charge in [-0.3, -0.25) is 0 Å². The smallest absolute Gasteiger partial charge is 0.107 e. The second-order valence-corrected chi connectivity index (χ2v) is 7.91. The van der Waals surface area contributed by atoms with Crippen LogP contribution in [0.25, 0.3) is 10.1 Å². The molecule has 0 radical (unpaired) electrons. The standard InChI is InChI=1S/C13H7BrCl2S2/c14-8-6-11(18-13(8)16)12(15)10-5-7-3-1-2-4-9(7)17-10/h1-6,12H. The van der Waals surface area contributed by atoms with Crippen molar-refractivity contribution in [3.8, 4) is 0 Å². The van der Waals surface area contributed by atoms with Gasteiger partial charge in [-0.15, -0.1) is 34.3 Å². The fourth-order valence-corrected chi connectivity index (χ4v) is 5.02. The Hall–Kier alpha value is -0.0600. The third-order valence-electron chi connectivity index (χ3n) is 2.61. The quantitative estimate of drug-likeness (QED) is 0.435. The van der Waals surface area contributed by atoms with E-state index < -0.39 is 0 Å². The summed E-state index contributed by atoms with van der Waals surface area (Å²) in [4.78, 5) is 2.23. The first-order valence-electron chi connectivity index (χ1n) is 5.22. The van der Waals surface area contributed by atoms with Gasteiger partial charge in [0.25, 0.3) is 0 Å². The molecule has 3 rings (SSSR count). The van der Waals surface area contributed by atoms with Crippen molar-refractivity contribution >= 4 is 71.9 Å². The van der Waals surface area contributed by atoms with Crippen LogP contribution in [0.3, 0.4) is 0 Å². The maximum absolute atomic E-state index is 6.53. The normalized spacial score (nSPS) is 13.1. The van der Waals surface area contributed by atoms with Crippen molar-refractivity contribution in [3.05, 3.63) is 55.0 Å². The number of hydrogen-bond acceptors (Lipinski definition) is 2. The van der Waals surface area contributed by atoms with Crippen molar-refractivity contribution in [2.45, 2.75) is 5.38 Å². The predicted molar refractivity (Wildman–Crippen MR) is 86.6 cm³/mol. The zero-order valence-electron chi connectivity index (χ0n) is 8.99. The maximum Gasteiger partial charge on any atom is 0.107 e. The molecule has 0 saturated carbocycles. The van der Waals surface area contributed by atoms with Crippen molar-refractivity contribution in [1.82, 2.24) is 0 Å². The highest BCUT2D eigenvalue weighted by Crippen LogP contribution is 2.43. The molecule has 1 aromatic carbocycles.